The molecule has 0 spiro atoms. The summed E-state index contributed by atoms with van der Waals surface area (Å²) in [5.41, 5.74) is 0. The van der Waals surface area contributed by atoms with Gasteiger partial charge in [-0.25, -0.2) is 9.59 Å². The minimum absolute atomic E-state index is 0.0798. The minimum Gasteiger partial charge on any atom is -0.480 e. The van der Waals surface area contributed by atoms with Crippen LogP contribution in [-0.4, -0.2) is 52.9 Å². The zero-order chi connectivity index (χ0) is 12.7. The van der Waals surface area contributed by atoms with Crippen LogP contribution in [0.25, 0.3) is 0 Å². The molecular weight excluding hydrogens is 212 g/mol. The second-order valence-corrected chi connectivity index (χ2v) is 3.48. The van der Waals surface area contributed by atoms with Gasteiger partial charge in [0.25, 0.3) is 0 Å². The molecule has 0 heterocycles. The minimum atomic E-state index is -1.18. The van der Waals surface area contributed by atoms with Crippen molar-refractivity contribution in [2.45, 2.75) is 25.5 Å². The first-order chi connectivity index (χ1) is 7.38. The third-order valence-electron chi connectivity index (χ3n) is 1.80. The van der Waals surface area contributed by atoms with Crippen LogP contribution in [0.1, 0.15) is 13.3 Å². The molecule has 0 aromatic carbocycles. The SMILES string of the molecule is C#CCC(NC(=O)N(C)CC(C)O)C(=O)O. The highest BCUT2D eigenvalue weighted by molar-refractivity contribution is 5.82. The van der Waals surface area contributed by atoms with Crippen molar-refractivity contribution in [3.63, 3.8) is 0 Å². The Bertz CT molecular complexity index is 296. The van der Waals surface area contributed by atoms with E-state index >= 15 is 0 Å². The standard InChI is InChI=1S/C10H16N2O4/c1-4-5-8(9(14)15)11-10(16)12(3)6-7(2)13/h1,7-8,13H,5-6H2,2-3H3,(H,11,16)(H,14,15). The molecule has 0 aliphatic carbocycles. The summed E-state index contributed by atoms with van der Waals surface area (Å²) in [6.07, 6.45) is 4.23. The molecule has 0 radical (unpaired) electrons. The molecule has 0 saturated carbocycles. The summed E-state index contributed by atoms with van der Waals surface area (Å²) in [6.45, 7) is 1.65. The van der Waals surface area contributed by atoms with Gasteiger partial charge in [0.1, 0.15) is 6.04 Å². The van der Waals surface area contributed by atoms with Crippen molar-refractivity contribution in [3.05, 3.63) is 0 Å². The first-order valence-corrected chi connectivity index (χ1v) is 4.74. The molecule has 2 amide bonds. The zero-order valence-electron chi connectivity index (χ0n) is 9.30. The summed E-state index contributed by atoms with van der Waals surface area (Å²) in [5, 5.41) is 20.0. The van der Waals surface area contributed by atoms with Gasteiger partial charge < -0.3 is 20.4 Å². The third kappa shape index (κ3) is 5.22. The molecule has 0 aromatic heterocycles. The average Bonchev–Trinajstić information content (AvgIpc) is 2.15. The Morgan fingerprint density at radius 1 is 1.56 bits per heavy atom. The molecule has 6 heteroatoms. The lowest BCUT2D eigenvalue weighted by molar-refractivity contribution is -0.139. The fraction of sp³-hybridized carbons (Fsp3) is 0.600. The average molecular weight is 228 g/mol. The van der Waals surface area contributed by atoms with Crippen molar-refractivity contribution < 1.29 is 19.8 Å². The van der Waals surface area contributed by atoms with Crippen molar-refractivity contribution >= 4 is 12.0 Å². The lowest BCUT2D eigenvalue weighted by Gasteiger charge is -2.21. The number of terminal acetylenes is 1. The summed E-state index contributed by atoms with van der Waals surface area (Å²) in [5.74, 6) is 0.987. The van der Waals surface area contributed by atoms with Crippen LogP contribution in [-0.2, 0) is 4.79 Å². The first kappa shape index (κ1) is 14.3. The molecule has 0 aliphatic rings. The topological polar surface area (TPSA) is 89.9 Å². The van der Waals surface area contributed by atoms with Crippen molar-refractivity contribution in [2.75, 3.05) is 13.6 Å². The molecule has 2 atom stereocenters. The number of carboxylic acid groups (broad SMARTS) is 1. The van der Waals surface area contributed by atoms with E-state index in [0.29, 0.717) is 0 Å². The van der Waals surface area contributed by atoms with Gasteiger partial charge in [-0.05, 0) is 6.92 Å². The molecule has 6 nitrogen and oxygen atoms in total. The summed E-state index contributed by atoms with van der Waals surface area (Å²) >= 11 is 0. The van der Waals surface area contributed by atoms with Gasteiger partial charge in [0.15, 0.2) is 0 Å². The quantitative estimate of drug-likeness (QED) is 0.552. The molecule has 0 aliphatic heterocycles. The van der Waals surface area contributed by atoms with E-state index in [1.807, 2.05) is 0 Å². The summed E-state index contributed by atoms with van der Waals surface area (Å²) in [7, 11) is 1.46. The molecule has 16 heavy (non-hydrogen) atoms. The number of urea groups is 1. The van der Waals surface area contributed by atoms with Crippen LogP contribution in [0, 0.1) is 12.3 Å². The van der Waals surface area contributed by atoms with E-state index in [2.05, 4.69) is 11.2 Å². The van der Waals surface area contributed by atoms with Crippen molar-refractivity contribution in [1.29, 1.82) is 0 Å². The van der Waals surface area contributed by atoms with Gasteiger partial charge in [0.05, 0.1) is 6.10 Å². The largest absolute Gasteiger partial charge is 0.480 e. The predicted octanol–water partition coefficient (Wildman–Crippen LogP) is -0.515. The Hall–Kier alpha value is -1.74. The van der Waals surface area contributed by atoms with Crippen LogP contribution in [0.15, 0.2) is 0 Å². The molecule has 0 saturated heterocycles. The first-order valence-electron chi connectivity index (χ1n) is 4.74. The maximum atomic E-state index is 11.4. The molecule has 3 N–H and O–H groups in total. The van der Waals surface area contributed by atoms with Crippen LogP contribution in [0.4, 0.5) is 4.79 Å². The van der Waals surface area contributed by atoms with Crippen LogP contribution >= 0.6 is 0 Å². The Labute approximate surface area is 94.2 Å². The second kappa shape index (κ2) is 6.69. The fourth-order valence-corrected chi connectivity index (χ4v) is 1.06. The van der Waals surface area contributed by atoms with Crippen molar-refractivity contribution in [3.8, 4) is 12.3 Å². The van der Waals surface area contributed by atoms with E-state index in [4.69, 9.17) is 16.6 Å². The van der Waals surface area contributed by atoms with Crippen molar-refractivity contribution in [1.82, 2.24) is 10.2 Å². The van der Waals surface area contributed by atoms with Gasteiger partial charge in [-0.1, -0.05) is 0 Å². The lowest BCUT2D eigenvalue weighted by atomic mass is 10.2. The number of amides is 2. The number of aliphatic hydroxyl groups excluding tert-OH is 1. The van der Waals surface area contributed by atoms with Gasteiger partial charge in [-0.3, -0.25) is 0 Å². The number of nitrogens with one attached hydrogen (secondary N) is 1. The Morgan fingerprint density at radius 2 is 2.12 bits per heavy atom. The Morgan fingerprint density at radius 3 is 2.50 bits per heavy atom. The van der Waals surface area contributed by atoms with Crippen LogP contribution in [0.3, 0.4) is 0 Å². The van der Waals surface area contributed by atoms with E-state index in [-0.39, 0.29) is 13.0 Å². The summed E-state index contributed by atoms with van der Waals surface area (Å²) in [4.78, 5) is 23.3. The number of carbonyl (C=O) groups is 2. The van der Waals surface area contributed by atoms with E-state index in [1.165, 1.54) is 18.9 Å². The number of carbonyl (C=O) groups excluding carboxylic acids is 1. The predicted molar refractivity (Wildman–Crippen MR) is 57.7 cm³/mol. The number of carboxylic acids is 1. The highest BCUT2D eigenvalue weighted by Gasteiger charge is 2.21. The number of rotatable bonds is 5. The lowest BCUT2D eigenvalue weighted by Crippen LogP contribution is -2.48. The number of likely N-dealkylation sites (N-methyl/N-ethyl adjacent to an activating group) is 1. The number of hydrogen-bond donors (Lipinski definition) is 3. The molecule has 0 aromatic rings. The van der Waals surface area contributed by atoms with Gasteiger partial charge in [0.2, 0.25) is 0 Å². The monoisotopic (exact) mass is 228 g/mol. The maximum Gasteiger partial charge on any atom is 0.327 e. The Kier molecular flexibility index (Phi) is 5.96. The van der Waals surface area contributed by atoms with E-state index in [9.17, 15) is 9.59 Å². The summed E-state index contributed by atoms with van der Waals surface area (Å²) < 4.78 is 0. The van der Waals surface area contributed by atoms with Crippen LogP contribution in [0.5, 0.6) is 0 Å². The van der Waals surface area contributed by atoms with Crippen LogP contribution in [0.2, 0.25) is 0 Å². The number of hydrogen-bond acceptors (Lipinski definition) is 3. The molecule has 0 rings (SSSR count). The molecule has 0 bridgehead atoms. The maximum absolute atomic E-state index is 11.4. The van der Waals surface area contributed by atoms with Gasteiger partial charge in [-0.15, -0.1) is 12.3 Å². The van der Waals surface area contributed by atoms with E-state index in [1.54, 1.807) is 0 Å². The van der Waals surface area contributed by atoms with E-state index in [0.717, 1.165) is 0 Å². The second-order valence-electron chi connectivity index (χ2n) is 3.48. The summed E-state index contributed by atoms with van der Waals surface area (Å²) in [6, 6.07) is -1.68. The Balaban J connectivity index is 4.30. The molecular formula is C10H16N2O4. The van der Waals surface area contributed by atoms with Crippen LogP contribution < -0.4 is 5.32 Å². The normalized spacial score (nSPS) is 13.4. The van der Waals surface area contributed by atoms with Gasteiger partial charge in [0, 0.05) is 20.0 Å². The smallest absolute Gasteiger partial charge is 0.327 e. The fourth-order valence-electron chi connectivity index (χ4n) is 1.06. The highest BCUT2D eigenvalue weighted by Crippen LogP contribution is 1.95. The van der Waals surface area contributed by atoms with Gasteiger partial charge >= 0.3 is 12.0 Å². The van der Waals surface area contributed by atoms with E-state index < -0.39 is 24.1 Å². The third-order valence-corrected chi connectivity index (χ3v) is 1.80. The van der Waals surface area contributed by atoms with Gasteiger partial charge in [-0.2, -0.15) is 0 Å². The zero-order valence-corrected chi connectivity index (χ0v) is 9.30. The molecule has 0 fully saturated rings. The highest BCUT2D eigenvalue weighted by atomic mass is 16.4. The number of nitrogens with zero attached hydrogens (tertiary/aromatic N) is 1. The number of aliphatic hydroxyl groups is 1. The molecule has 2 unspecified atom stereocenters. The van der Waals surface area contributed by atoms with Crippen molar-refractivity contribution in [2.24, 2.45) is 0 Å². The number of aliphatic carboxylic acids is 1. The molecule has 90 valence electrons.